The second kappa shape index (κ2) is 4.34. The second-order valence-corrected chi connectivity index (χ2v) is 5.90. The van der Waals surface area contributed by atoms with Crippen LogP contribution in [0.25, 0.3) is 0 Å². The Kier molecular flexibility index (Phi) is 2.77. The number of ether oxygens (including phenoxy) is 1. The molecule has 1 saturated carbocycles. The van der Waals surface area contributed by atoms with Crippen molar-refractivity contribution in [2.24, 2.45) is 5.92 Å². The zero-order valence-electron chi connectivity index (χ0n) is 11.5. The molecule has 2 saturated heterocycles. The highest BCUT2D eigenvalue weighted by Gasteiger charge is 2.82. The summed E-state index contributed by atoms with van der Waals surface area (Å²) in [5.74, 6) is -1.29. The molecule has 4 rings (SSSR count). The molecular weight excluding hydrogens is 323 g/mol. The van der Waals surface area contributed by atoms with Crippen molar-refractivity contribution >= 4 is 6.09 Å². The fraction of sp³-hybridized carbons (Fsp3) is 0.500. The van der Waals surface area contributed by atoms with Gasteiger partial charge in [-0.05, 0) is 18.6 Å². The van der Waals surface area contributed by atoms with Gasteiger partial charge in [0.25, 0.3) is 0 Å². The summed E-state index contributed by atoms with van der Waals surface area (Å²) in [7, 11) is 0. The van der Waals surface area contributed by atoms with Crippen LogP contribution in [0.1, 0.15) is 6.42 Å². The predicted molar refractivity (Wildman–Crippen MR) is 66.6 cm³/mol. The van der Waals surface area contributed by atoms with Crippen molar-refractivity contribution in [2.45, 2.75) is 36.9 Å². The number of alkyl halides is 5. The summed E-state index contributed by atoms with van der Waals surface area (Å²) >= 11 is 0. The van der Waals surface area contributed by atoms with Gasteiger partial charge in [0, 0.05) is 6.04 Å². The van der Waals surface area contributed by atoms with Crippen LogP contribution in [0.2, 0.25) is 0 Å². The third-order valence-corrected chi connectivity index (χ3v) is 4.74. The van der Waals surface area contributed by atoms with E-state index in [1.807, 2.05) is 0 Å². The number of hydrogen-bond donors (Lipinski definition) is 0. The van der Waals surface area contributed by atoms with Crippen molar-refractivity contribution in [1.29, 1.82) is 0 Å². The topological polar surface area (TPSA) is 32.6 Å². The maximum atomic E-state index is 14.0. The Labute approximate surface area is 127 Å². The van der Waals surface area contributed by atoms with Crippen molar-refractivity contribution in [3.8, 4) is 5.75 Å². The summed E-state index contributed by atoms with van der Waals surface area (Å²) < 4.78 is 71.6. The van der Waals surface area contributed by atoms with E-state index >= 15 is 0 Å². The van der Waals surface area contributed by atoms with Gasteiger partial charge in [0.05, 0.1) is 18.0 Å². The van der Waals surface area contributed by atoms with Gasteiger partial charge in [0.2, 0.25) is 0 Å². The number of likely N-dealkylation sites (tertiary alicyclic amines) is 2. The molecule has 4 unspecified atom stereocenters. The third-order valence-electron chi connectivity index (χ3n) is 4.74. The van der Waals surface area contributed by atoms with E-state index in [4.69, 9.17) is 4.74 Å². The maximum Gasteiger partial charge on any atom is 0.464 e. The molecule has 1 aromatic carbocycles. The van der Waals surface area contributed by atoms with Crippen molar-refractivity contribution in [1.82, 2.24) is 9.80 Å². The molecule has 0 spiro atoms. The largest absolute Gasteiger partial charge is 0.464 e. The lowest BCUT2D eigenvalue weighted by Gasteiger charge is -2.33. The van der Waals surface area contributed by atoms with Gasteiger partial charge in [0.15, 0.2) is 0 Å². The first-order valence-corrected chi connectivity index (χ1v) is 7.02. The Bertz CT molecular complexity index is 650. The summed E-state index contributed by atoms with van der Waals surface area (Å²) in [6, 6.07) is 0.789. The van der Waals surface area contributed by atoms with E-state index in [9.17, 15) is 26.7 Å². The summed E-state index contributed by atoms with van der Waals surface area (Å²) in [5.41, 5.74) is 0. The number of halogens is 5. The predicted octanol–water partition coefficient (Wildman–Crippen LogP) is 3.05. The number of para-hydroxylation sites is 1. The minimum absolute atomic E-state index is 0.217. The average Bonchev–Trinajstić information content (AvgIpc) is 2.98. The van der Waals surface area contributed by atoms with Crippen LogP contribution < -0.4 is 4.74 Å². The SMILES string of the molecule is O=C(Oc1ccccc1)N1C2C1C1CC2N(C(F)(F)F)C1(F)F. The second-order valence-electron chi connectivity index (χ2n) is 5.90. The number of amides is 1. The molecule has 1 aliphatic carbocycles. The zero-order valence-corrected chi connectivity index (χ0v) is 11.5. The number of carbonyl (C=O) groups is 1. The lowest BCUT2D eigenvalue weighted by Crippen LogP contribution is -2.56. The monoisotopic (exact) mass is 334 g/mol. The number of fused-ring (bicyclic) bond motifs is 5. The standard InChI is InChI=1S/C14H11F5N2O2/c15-13(16)8-6-9(21(13)14(17,18)19)11-10(8)20(11)12(22)23-7-4-2-1-3-5-7/h1-5,8-11H,6H2. The van der Waals surface area contributed by atoms with E-state index in [-0.39, 0.29) is 12.2 Å². The summed E-state index contributed by atoms with van der Waals surface area (Å²) in [5, 5.41) is 0. The summed E-state index contributed by atoms with van der Waals surface area (Å²) in [6.07, 6.45) is -6.29. The summed E-state index contributed by atoms with van der Waals surface area (Å²) in [6.45, 7) is 0. The molecule has 1 aromatic rings. The van der Waals surface area contributed by atoms with Crippen LogP contribution in [0, 0.1) is 5.92 Å². The molecule has 9 heteroatoms. The van der Waals surface area contributed by atoms with Crippen LogP contribution in [0.15, 0.2) is 30.3 Å². The first kappa shape index (κ1) is 14.7. The van der Waals surface area contributed by atoms with Crippen LogP contribution in [0.3, 0.4) is 0 Å². The number of benzene rings is 1. The first-order chi connectivity index (χ1) is 10.7. The van der Waals surface area contributed by atoms with Crippen molar-refractivity contribution in [2.75, 3.05) is 0 Å². The van der Waals surface area contributed by atoms with E-state index in [0.29, 0.717) is 0 Å². The van der Waals surface area contributed by atoms with E-state index in [2.05, 4.69) is 0 Å². The number of carbonyl (C=O) groups excluding carboxylic acids is 1. The van der Waals surface area contributed by atoms with Gasteiger partial charge in [-0.2, -0.15) is 22.0 Å². The highest BCUT2D eigenvalue weighted by molar-refractivity contribution is 5.75. The Morgan fingerprint density at radius 2 is 1.83 bits per heavy atom. The highest BCUT2D eigenvalue weighted by Crippen LogP contribution is 2.63. The van der Waals surface area contributed by atoms with E-state index in [1.54, 1.807) is 18.2 Å². The highest BCUT2D eigenvalue weighted by atomic mass is 19.4. The Balaban J connectivity index is 1.54. The van der Waals surface area contributed by atoms with Gasteiger partial charge in [-0.15, -0.1) is 4.90 Å². The number of piperidine rings is 2. The minimum Gasteiger partial charge on any atom is -0.410 e. The number of nitrogens with zero attached hydrogens (tertiary/aromatic N) is 2. The normalized spacial score (nSPS) is 34.4. The van der Waals surface area contributed by atoms with Gasteiger partial charge < -0.3 is 4.74 Å². The fourth-order valence-electron chi connectivity index (χ4n) is 3.90. The molecule has 23 heavy (non-hydrogen) atoms. The molecular formula is C14H11F5N2O2. The lowest BCUT2D eigenvalue weighted by molar-refractivity contribution is -0.339. The molecule has 0 N–H and O–H groups in total. The minimum atomic E-state index is -5.13. The Morgan fingerprint density at radius 1 is 1.17 bits per heavy atom. The van der Waals surface area contributed by atoms with Crippen molar-refractivity contribution < 1.29 is 31.5 Å². The molecule has 4 atom stereocenters. The van der Waals surface area contributed by atoms with Gasteiger partial charge >= 0.3 is 18.4 Å². The van der Waals surface area contributed by atoms with Gasteiger partial charge in [-0.1, -0.05) is 18.2 Å². The molecule has 124 valence electrons. The fourth-order valence-corrected chi connectivity index (χ4v) is 3.90. The van der Waals surface area contributed by atoms with Gasteiger partial charge in [0.1, 0.15) is 5.75 Å². The van der Waals surface area contributed by atoms with Crippen molar-refractivity contribution in [3.05, 3.63) is 30.3 Å². The van der Waals surface area contributed by atoms with E-state index in [0.717, 1.165) is 4.90 Å². The van der Waals surface area contributed by atoms with Crippen LogP contribution in [-0.2, 0) is 0 Å². The molecule has 2 aliphatic heterocycles. The lowest BCUT2D eigenvalue weighted by atomic mass is 10.1. The van der Waals surface area contributed by atoms with E-state index < -0.39 is 47.4 Å². The molecule has 0 aromatic heterocycles. The Morgan fingerprint density at radius 3 is 2.43 bits per heavy atom. The molecule has 4 nitrogen and oxygen atoms in total. The molecule has 2 bridgehead atoms. The zero-order chi connectivity index (χ0) is 16.6. The first-order valence-electron chi connectivity index (χ1n) is 7.02. The maximum absolute atomic E-state index is 14.0. The van der Waals surface area contributed by atoms with Gasteiger partial charge in [-0.3, -0.25) is 4.90 Å². The van der Waals surface area contributed by atoms with Crippen LogP contribution in [0.4, 0.5) is 26.7 Å². The molecule has 3 fully saturated rings. The molecule has 1 amide bonds. The van der Waals surface area contributed by atoms with Gasteiger partial charge in [-0.25, -0.2) is 4.79 Å². The Hall–Kier alpha value is -1.90. The van der Waals surface area contributed by atoms with Crippen molar-refractivity contribution in [3.63, 3.8) is 0 Å². The van der Waals surface area contributed by atoms with E-state index in [1.165, 1.54) is 12.1 Å². The van der Waals surface area contributed by atoms with Crippen LogP contribution >= 0.6 is 0 Å². The number of hydrogen-bond acceptors (Lipinski definition) is 3. The molecule has 2 heterocycles. The van der Waals surface area contributed by atoms with Crippen LogP contribution in [-0.4, -0.2) is 46.4 Å². The smallest absolute Gasteiger partial charge is 0.410 e. The quantitative estimate of drug-likeness (QED) is 0.450. The summed E-state index contributed by atoms with van der Waals surface area (Å²) in [4.78, 5) is 12.3. The van der Waals surface area contributed by atoms with Crippen LogP contribution in [0.5, 0.6) is 5.75 Å². The molecule has 3 aliphatic rings. The average molecular weight is 334 g/mol. The number of rotatable bonds is 1. The third kappa shape index (κ3) is 1.95. The molecule has 0 radical (unpaired) electrons.